The largest absolute Gasteiger partial charge is 0.465 e. The molecule has 1 aliphatic rings. The van der Waals surface area contributed by atoms with Crippen LogP contribution in [0.25, 0.3) is 0 Å². The first-order chi connectivity index (χ1) is 6.65. The van der Waals surface area contributed by atoms with E-state index in [2.05, 4.69) is 20.8 Å². The quantitative estimate of drug-likeness (QED) is 0.651. The van der Waals surface area contributed by atoms with Crippen LogP contribution in [0.2, 0.25) is 0 Å². The van der Waals surface area contributed by atoms with E-state index in [0.717, 1.165) is 25.7 Å². The second kappa shape index (κ2) is 4.81. The molecular weight excluding hydrogens is 176 g/mol. The number of esters is 1. The summed E-state index contributed by atoms with van der Waals surface area (Å²) < 4.78 is 5.23. The van der Waals surface area contributed by atoms with Gasteiger partial charge in [0.05, 0.1) is 13.0 Å². The summed E-state index contributed by atoms with van der Waals surface area (Å²) in [6, 6.07) is 0. The van der Waals surface area contributed by atoms with Gasteiger partial charge < -0.3 is 4.74 Å². The van der Waals surface area contributed by atoms with E-state index in [1.165, 1.54) is 0 Å². The van der Waals surface area contributed by atoms with Crippen molar-refractivity contribution in [1.29, 1.82) is 0 Å². The SMILES string of the molecule is CCC1COC(=O)CC(CC)(CC)C1. The first-order valence-electron chi connectivity index (χ1n) is 5.81. The Kier molecular flexibility index (Phi) is 3.97. The zero-order chi connectivity index (χ0) is 10.6. The Morgan fingerprint density at radius 3 is 2.50 bits per heavy atom. The zero-order valence-electron chi connectivity index (χ0n) is 9.64. The van der Waals surface area contributed by atoms with Crippen LogP contribution in [0.15, 0.2) is 0 Å². The number of cyclic esters (lactones) is 1. The smallest absolute Gasteiger partial charge is 0.306 e. The van der Waals surface area contributed by atoms with Crippen molar-refractivity contribution in [2.75, 3.05) is 6.61 Å². The fourth-order valence-corrected chi connectivity index (χ4v) is 2.36. The third-order valence-corrected chi connectivity index (χ3v) is 3.80. The molecule has 1 fully saturated rings. The van der Waals surface area contributed by atoms with Gasteiger partial charge in [0, 0.05) is 0 Å². The summed E-state index contributed by atoms with van der Waals surface area (Å²) in [5.74, 6) is 0.575. The molecule has 0 bridgehead atoms. The summed E-state index contributed by atoms with van der Waals surface area (Å²) in [5, 5.41) is 0. The van der Waals surface area contributed by atoms with Gasteiger partial charge in [0.1, 0.15) is 0 Å². The van der Waals surface area contributed by atoms with Crippen molar-refractivity contribution in [3.05, 3.63) is 0 Å². The van der Waals surface area contributed by atoms with Crippen LogP contribution in [0, 0.1) is 11.3 Å². The fourth-order valence-electron chi connectivity index (χ4n) is 2.36. The summed E-state index contributed by atoms with van der Waals surface area (Å²) in [4.78, 5) is 11.5. The molecule has 0 spiro atoms. The maximum absolute atomic E-state index is 11.5. The van der Waals surface area contributed by atoms with E-state index >= 15 is 0 Å². The molecule has 1 saturated heterocycles. The Morgan fingerprint density at radius 2 is 2.00 bits per heavy atom. The van der Waals surface area contributed by atoms with E-state index in [-0.39, 0.29) is 11.4 Å². The molecule has 1 atom stereocenters. The van der Waals surface area contributed by atoms with Crippen molar-refractivity contribution in [2.24, 2.45) is 11.3 Å². The van der Waals surface area contributed by atoms with Crippen LogP contribution in [-0.2, 0) is 9.53 Å². The first-order valence-corrected chi connectivity index (χ1v) is 5.81. The summed E-state index contributed by atoms with van der Waals surface area (Å²) in [6.07, 6.45) is 5.08. The van der Waals surface area contributed by atoms with E-state index in [4.69, 9.17) is 4.74 Å². The van der Waals surface area contributed by atoms with Gasteiger partial charge in [-0.15, -0.1) is 0 Å². The van der Waals surface area contributed by atoms with Crippen molar-refractivity contribution in [3.63, 3.8) is 0 Å². The minimum Gasteiger partial charge on any atom is -0.465 e. The highest BCUT2D eigenvalue weighted by Crippen LogP contribution is 2.40. The molecule has 0 aliphatic carbocycles. The van der Waals surface area contributed by atoms with Gasteiger partial charge >= 0.3 is 5.97 Å². The summed E-state index contributed by atoms with van der Waals surface area (Å²) >= 11 is 0. The number of rotatable bonds is 3. The molecule has 0 radical (unpaired) electrons. The lowest BCUT2D eigenvalue weighted by molar-refractivity contribution is -0.145. The lowest BCUT2D eigenvalue weighted by Gasteiger charge is -2.30. The van der Waals surface area contributed by atoms with Crippen LogP contribution in [0.1, 0.15) is 52.9 Å². The Morgan fingerprint density at radius 1 is 1.36 bits per heavy atom. The summed E-state index contributed by atoms with van der Waals surface area (Å²) in [7, 11) is 0. The molecule has 2 heteroatoms. The highest BCUT2D eigenvalue weighted by Gasteiger charge is 2.35. The van der Waals surface area contributed by atoms with Crippen LogP contribution < -0.4 is 0 Å². The summed E-state index contributed by atoms with van der Waals surface area (Å²) in [5.41, 5.74) is 0.217. The van der Waals surface area contributed by atoms with Gasteiger partial charge in [0.15, 0.2) is 0 Å². The van der Waals surface area contributed by atoms with E-state index in [1.54, 1.807) is 0 Å². The molecule has 82 valence electrons. The van der Waals surface area contributed by atoms with Gasteiger partial charge in [0.25, 0.3) is 0 Å². The Bertz CT molecular complexity index is 194. The van der Waals surface area contributed by atoms with Gasteiger partial charge in [0.2, 0.25) is 0 Å². The fraction of sp³-hybridized carbons (Fsp3) is 0.917. The number of hydrogen-bond acceptors (Lipinski definition) is 2. The standard InChI is InChI=1S/C12H22O2/c1-4-10-7-12(5-2,6-3)8-11(13)14-9-10/h10H,4-9H2,1-3H3. The second-order valence-electron chi connectivity index (χ2n) is 4.55. The lowest BCUT2D eigenvalue weighted by atomic mass is 9.73. The zero-order valence-corrected chi connectivity index (χ0v) is 9.64. The minimum atomic E-state index is 0.00431. The lowest BCUT2D eigenvalue weighted by Crippen LogP contribution is -2.23. The molecule has 1 heterocycles. The average Bonchev–Trinajstić information content (AvgIpc) is 2.38. The van der Waals surface area contributed by atoms with Crippen LogP contribution >= 0.6 is 0 Å². The third kappa shape index (κ3) is 2.49. The minimum absolute atomic E-state index is 0.00431. The molecule has 0 aromatic heterocycles. The van der Waals surface area contributed by atoms with Crippen molar-refractivity contribution in [1.82, 2.24) is 0 Å². The third-order valence-electron chi connectivity index (χ3n) is 3.80. The second-order valence-corrected chi connectivity index (χ2v) is 4.55. The van der Waals surface area contributed by atoms with Crippen LogP contribution in [0.4, 0.5) is 0 Å². The summed E-state index contributed by atoms with van der Waals surface area (Å²) in [6.45, 7) is 7.20. The molecule has 1 unspecified atom stereocenters. The van der Waals surface area contributed by atoms with E-state index in [0.29, 0.717) is 18.9 Å². The van der Waals surface area contributed by atoms with Gasteiger partial charge in [-0.25, -0.2) is 0 Å². The average molecular weight is 198 g/mol. The molecule has 1 rings (SSSR count). The molecule has 0 amide bonds. The van der Waals surface area contributed by atoms with Crippen molar-refractivity contribution >= 4 is 5.97 Å². The Labute approximate surface area is 87.0 Å². The van der Waals surface area contributed by atoms with Gasteiger partial charge in [-0.3, -0.25) is 4.79 Å². The number of hydrogen-bond donors (Lipinski definition) is 0. The Balaban J connectivity index is 2.76. The van der Waals surface area contributed by atoms with E-state index in [1.807, 2.05) is 0 Å². The van der Waals surface area contributed by atoms with Crippen molar-refractivity contribution in [3.8, 4) is 0 Å². The number of carbonyl (C=O) groups is 1. The highest BCUT2D eigenvalue weighted by atomic mass is 16.5. The predicted octanol–water partition coefficient (Wildman–Crippen LogP) is 3.16. The molecule has 0 N–H and O–H groups in total. The normalized spacial score (nSPS) is 26.8. The van der Waals surface area contributed by atoms with Crippen molar-refractivity contribution < 1.29 is 9.53 Å². The van der Waals surface area contributed by atoms with Crippen LogP contribution in [0.5, 0.6) is 0 Å². The molecule has 0 aromatic carbocycles. The van der Waals surface area contributed by atoms with Crippen molar-refractivity contribution in [2.45, 2.75) is 52.9 Å². The molecule has 14 heavy (non-hydrogen) atoms. The predicted molar refractivity (Wildman–Crippen MR) is 57.0 cm³/mol. The van der Waals surface area contributed by atoms with Crippen LogP contribution in [0.3, 0.4) is 0 Å². The van der Waals surface area contributed by atoms with Gasteiger partial charge in [-0.2, -0.15) is 0 Å². The molecule has 1 aliphatic heterocycles. The van der Waals surface area contributed by atoms with Crippen LogP contribution in [-0.4, -0.2) is 12.6 Å². The molecular formula is C12H22O2. The topological polar surface area (TPSA) is 26.3 Å². The number of carbonyl (C=O) groups excluding carboxylic acids is 1. The molecule has 2 nitrogen and oxygen atoms in total. The maximum atomic E-state index is 11.5. The monoisotopic (exact) mass is 198 g/mol. The highest BCUT2D eigenvalue weighted by molar-refractivity contribution is 5.70. The first kappa shape index (κ1) is 11.5. The van der Waals surface area contributed by atoms with E-state index < -0.39 is 0 Å². The molecule has 0 saturated carbocycles. The Hall–Kier alpha value is -0.530. The van der Waals surface area contributed by atoms with Gasteiger partial charge in [-0.05, 0) is 30.6 Å². The van der Waals surface area contributed by atoms with Gasteiger partial charge in [-0.1, -0.05) is 27.2 Å². The maximum Gasteiger partial charge on any atom is 0.306 e. The molecule has 0 aromatic rings. The van der Waals surface area contributed by atoms with E-state index in [9.17, 15) is 4.79 Å². The number of ether oxygens (including phenoxy) is 1.